The molecule has 106 valence electrons. The van der Waals surface area contributed by atoms with Crippen LogP contribution in [0.25, 0.3) is 0 Å². The van der Waals surface area contributed by atoms with Gasteiger partial charge in [0, 0.05) is 17.3 Å². The zero-order valence-corrected chi connectivity index (χ0v) is 11.9. The van der Waals surface area contributed by atoms with E-state index < -0.39 is 5.72 Å². The Morgan fingerprint density at radius 3 is 2.33 bits per heavy atom. The van der Waals surface area contributed by atoms with Gasteiger partial charge in [0.25, 0.3) is 5.91 Å². The number of rotatable bonds is 2. The molecule has 0 fully saturated rings. The van der Waals surface area contributed by atoms with E-state index >= 15 is 0 Å². The lowest BCUT2D eigenvalue weighted by Gasteiger charge is -2.35. The van der Waals surface area contributed by atoms with Crippen LogP contribution in [0.1, 0.15) is 19.4 Å². The maximum atomic E-state index is 12.6. The highest BCUT2D eigenvalue weighted by Gasteiger charge is 2.49. The predicted octanol–water partition coefficient (Wildman–Crippen LogP) is 2.61. The maximum Gasteiger partial charge on any atom is 0.258 e. The van der Waals surface area contributed by atoms with E-state index in [1.54, 1.807) is 38.2 Å². The number of hydrogen-bond acceptors (Lipinski definition) is 3. The van der Waals surface area contributed by atoms with Gasteiger partial charge in [-0.15, -0.1) is 0 Å². The van der Waals surface area contributed by atoms with Crippen LogP contribution >= 0.6 is 0 Å². The highest BCUT2D eigenvalue weighted by Crippen LogP contribution is 2.43. The molecule has 2 heterocycles. The van der Waals surface area contributed by atoms with Gasteiger partial charge >= 0.3 is 0 Å². The lowest BCUT2D eigenvalue weighted by atomic mass is 9.95. The molecule has 0 bridgehead atoms. The first-order valence-corrected chi connectivity index (χ1v) is 6.78. The fourth-order valence-electron chi connectivity index (χ4n) is 2.68. The van der Waals surface area contributed by atoms with Crippen LogP contribution in [-0.4, -0.2) is 16.0 Å². The van der Waals surface area contributed by atoms with Crippen molar-refractivity contribution in [1.82, 2.24) is 4.98 Å². The summed E-state index contributed by atoms with van der Waals surface area (Å²) < 4.78 is 0. The molecule has 21 heavy (non-hydrogen) atoms. The molecule has 0 spiro atoms. The molecule has 0 saturated heterocycles. The van der Waals surface area contributed by atoms with Gasteiger partial charge in [-0.05, 0) is 31.6 Å². The molecular formula is C17H16N2O2. The minimum atomic E-state index is -1.49. The molecule has 0 saturated carbocycles. The summed E-state index contributed by atoms with van der Waals surface area (Å²) in [6.07, 6.45) is 1.61. The Bertz CT molecular complexity index is 710. The molecule has 1 aromatic heterocycles. The second-order valence-corrected chi connectivity index (χ2v) is 5.12. The number of benzene rings is 1. The number of aliphatic hydroxyl groups is 1. The molecule has 1 aliphatic rings. The molecule has 0 aliphatic carbocycles. The van der Waals surface area contributed by atoms with E-state index in [0.717, 1.165) is 0 Å². The molecule has 2 aromatic rings. The SMILES string of the molecule is CC1=C(C)C(O)(c2ccccc2)N(c2ccccn2)C1=O. The quantitative estimate of drug-likeness (QED) is 0.920. The highest BCUT2D eigenvalue weighted by atomic mass is 16.3. The summed E-state index contributed by atoms with van der Waals surface area (Å²) in [5.41, 5.74) is 0.339. The van der Waals surface area contributed by atoms with Gasteiger partial charge < -0.3 is 5.11 Å². The van der Waals surface area contributed by atoms with Gasteiger partial charge in [0.2, 0.25) is 0 Å². The molecular weight excluding hydrogens is 264 g/mol. The summed E-state index contributed by atoms with van der Waals surface area (Å²) >= 11 is 0. The van der Waals surface area contributed by atoms with E-state index in [4.69, 9.17) is 0 Å². The van der Waals surface area contributed by atoms with Crippen molar-refractivity contribution in [2.45, 2.75) is 19.6 Å². The van der Waals surface area contributed by atoms with Gasteiger partial charge in [0.1, 0.15) is 5.82 Å². The van der Waals surface area contributed by atoms with Crippen molar-refractivity contribution in [3.8, 4) is 0 Å². The average Bonchev–Trinajstić information content (AvgIpc) is 2.71. The third-order valence-corrected chi connectivity index (χ3v) is 3.99. The molecule has 1 unspecified atom stereocenters. The summed E-state index contributed by atoms with van der Waals surface area (Å²) in [6.45, 7) is 3.51. The summed E-state index contributed by atoms with van der Waals surface area (Å²) in [5.74, 6) is 0.211. The molecule has 1 N–H and O–H groups in total. The fourth-order valence-corrected chi connectivity index (χ4v) is 2.68. The predicted molar refractivity (Wildman–Crippen MR) is 80.4 cm³/mol. The van der Waals surface area contributed by atoms with Crippen LogP contribution in [0.5, 0.6) is 0 Å². The number of amides is 1. The Hall–Kier alpha value is -2.46. The number of carbonyl (C=O) groups is 1. The van der Waals surface area contributed by atoms with Crippen molar-refractivity contribution in [3.63, 3.8) is 0 Å². The van der Waals surface area contributed by atoms with Crippen LogP contribution in [0.2, 0.25) is 0 Å². The van der Waals surface area contributed by atoms with E-state index in [-0.39, 0.29) is 5.91 Å². The van der Waals surface area contributed by atoms with Gasteiger partial charge in [-0.3, -0.25) is 9.69 Å². The zero-order chi connectivity index (χ0) is 15.0. The standard InChI is InChI=1S/C17H16N2O2/c1-12-13(2)17(21,14-8-4-3-5-9-14)19(16(12)20)15-10-6-7-11-18-15/h3-11,21H,1-2H3. The van der Waals surface area contributed by atoms with Crippen LogP contribution in [0.3, 0.4) is 0 Å². The van der Waals surface area contributed by atoms with Crippen molar-refractivity contribution in [2.75, 3.05) is 4.90 Å². The van der Waals surface area contributed by atoms with Crippen molar-refractivity contribution in [3.05, 3.63) is 71.4 Å². The van der Waals surface area contributed by atoms with Crippen molar-refractivity contribution in [2.24, 2.45) is 0 Å². The summed E-state index contributed by atoms with van der Waals surface area (Å²) in [4.78, 5) is 18.1. The van der Waals surface area contributed by atoms with Gasteiger partial charge in [-0.25, -0.2) is 4.98 Å². The van der Waals surface area contributed by atoms with Crippen molar-refractivity contribution in [1.29, 1.82) is 0 Å². The van der Waals surface area contributed by atoms with E-state index in [2.05, 4.69) is 4.98 Å². The van der Waals surface area contributed by atoms with Gasteiger partial charge in [-0.2, -0.15) is 0 Å². The van der Waals surface area contributed by atoms with Crippen LogP contribution < -0.4 is 4.90 Å². The van der Waals surface area contributed by atoms with Crippen LogP contribution in [0.4, 0.5) is 5.82 Å². The minimum Gasteiger partial charge on any atom is -0.363 e. The third-order valence-electron chi connectivity index (χ3n) is 3.99. The first kappa shape index (κ1) is 13.5. The number of aromatic nitrogens is 1. The molecule has 1 aliphatic heterocycles. The minimum absolute atomic E-state index is 0.224. The lowest BCUT2D eigenvalue weighted by Crippen LogP contribution is -2.46. The van der Waals surface area contributed by atoms with E-state index in [9.17, 15) is 9.90 Å². The molecule has 1 aromatic carbocycles. The first-order chi connectivity index (χ1) is 10.1. The third kappa shape index (κ3) is 1.87. The monoisotopic (exact) mass is 280 g/mol. The first-order valence-electron chi connectivity index (χ1n) is 6.78. The number of nitrogens with zero attached hydrogens (tertiary/aromatic N) is 2. The Labute approximate surface area is 123 Å². The van der Waals surface area contributed by atoms with Gasteiger partial charge in [0.05, 0.1) is 0 Å². The maximum absolute atomic E-state index is 12.6. The number of anilines is 1. The van der Waals surface area contributed by atoms with Gasteiger partial charge in [-0.1, -0.05) is 36.4 Å². The Morgan fingerprint density at radius 2 is 1.71 bits per heavy atom. The van der Waals surface area contributed by atoms with Gasteiger partial charge in [0.15, 0.2) is 5.72 Å². The Kier molecular flexibility index (Phi) is 3.11. The summed E-state index contributed by atoms with van der Waals surface area (Å²) in [6, 6.07) is 14.5. The second kappa shape index (κ2) is 4.82. The van der Waals surface area contributed by atoms with E-state index in [0.29, 0.717) is 22.5 Å². The summed E-state index contributed by atoms with van der Waals surface area (Å²) in [7, 11) is 0. The second-order valence-electron chi connectivity index (χ2n) is 5.12. The molecule has 4 heteroatoms. The van der Waals surface area contributed by atoms with Crippen LogP contribution in [0.15, 0.2) is 65.9 Å². The molecule has 4 nitrogen and oxygen atoms in total. The molecule has 1 atom stereocenters. The smallest absolute Gasteiger partial charge is 0.258 e. The van der Waals surface area contributed by atoms with Crippen molar-refractivity contribution >= 4 is 11.7 Å². The Balaban J connectivity index is 2.22. The van der Waals surface area contributed by atoms with E-state index in [1.807, 2.05) is 30.3 Å². The van der Waals surface area contributed by atoms with E-state index in [1.165, 1.54) is 4.90 Å². The van der Waals surface area contributed by atoms with Crippen LogP contribution in [0, 0.1) is 0 Å². The molecule has 1 amide bonds. The average molecular weight is 280 g/mol. The number of carbonyl (C=O) groups excluding carboxylic acids is 1. The fraction of sp³-hybridized carbons (Fsp3) is 0.176. The Morgan fingerprint density at radius 1 is 1.05 bits per heavy atom. The number of pyridine rings is 1. The topological polar surface area (TPSA) is 53.4 Å². The number of hydrogen-bond donors (Lipinski definition) is 1. The zero-order valence-electron chi connectivity index (χ0n) is 11.9. The molecule has 3 rings (SSSR count). The van der Waals surface area contributed by atoms with Crippen LogP contribution in [-0.2, 0) is 10.5 Å². The molecule has 0 radical (unpaired) electrons. The highest BCUT2D eigenvalue weighted by molar-refractivity contribution is 6.10. The summed E-state index contributed by atoms with van der Waals surface area (Å²) in [5, 5.41) is 11.3. The lowest BCUT2D eigenvalue weighted by molar-refractivity contribution is -0.117. The van der Waals surface area contributed by atoms with Crippen molar-refractivity contribution < 1.29 is 9.90 Å². The normalized spacial score (nSPS) is 22.0. The largest absolute Gasteiger partial charge is 0.363 e.